The number of aromatic nitrogens is 1. The molecule has 5 rings (SSSR count). The molecule has 2 N–H and O–H groups in total. The summed E-state index contributed by atoms with van der Waals surface area (Å²) in [5.74, 6) is -0.678. The predicted octanol–water partition coefficient (Wildman–Crippen LogP) is 5.25. The van der Waals surface area contributed by atoms with Crippen LogP contribution >= 0.6 is 0 Å². The number of aliphatic carboxylic acids is 1. The van der Waals surface area contributed by atoms with Gasteiger partial charge in [-0.3, -0.25) is 24.3 Å². The summed E-state index contributed by atoms with van der Waals surface area (Å²) in [6, 6.07) is 9.38. The monoisotopic (exact) mass is 576 g/mol. The number of allylic oxidation sites excluding steroid dienone is 2. The minimum absolute atomic E-state index is 0.0830. The number of likely N-dealkylation sites (tertiary alicyclic amines) is 1. The minimum Gasteiger partial charge on any atom is -0.481 e. The number of furan rings is 1. The van der Waals surface area contributed by atoms with Crippen molar-refractivity contribution in [3.05, 3.63) is 64.9 Å². The van der Waals surface area contributed by atoms with Crippen LogP contribution in [0.3, 0.4) is 0 Å². The first-order chi connectivity index (χ1) is 20.4. The lowest BCUT2D eigenvalue weighted by Gasteiger charge is -2.32. The summed E-state index contributed by atoms with van der Waals surface area (Å²) in [6.45, 7) is 2.75. The van der Waals surface area contributed by atoms with Crippen molar-refractivity contribution >= 4 is 29.4 Å². The molecule has 2 fully saturated rings. The van der Waals surface area contributed by atoms with E-state index in [-0.39, 0.29) is 48.7 Å². The Balaban J connectivity index is 1.32. The van der Waals surface area contributed by atoms with Gasteiger partial charge in [0.05, 0.1) is 30.2 Å². The summed E-state index contributed by atoms with van der Waals surface area (Å²) < 4.78 is 12.1. The number of amides is 2. The number of imide groups is 1. The van der Waals surface area contributed by atoms with E-state index < -0.39 is 5.97 Å². The first kappa shape index (κ1) is 29.9. The highest BCUT2D eigenvalue weighted by molar-refractivity contribution is 6.06. The van der Waals surface area contributed by atoms with Crippen LogP contribution in [0.1, 0.15) is 81.9 Å². The van der Waals surface area contributed by atoms with Crippen LogP contribution in [0.5, 0.6) is 0 Å². The molecular weight excluding hydrogens is 536 g/mol. The number of carbonyl (C=O) groups is 3. The molecule has 0 saturated carbocycles. The highest BCUT2D eigenvalue weighted by Gasteiger charge is 2.56. The lowest BCUT2D eigenvalue weighted by atomic mass is 9.68. The van der Waals surface area contributed by atoms with E-state index in [0.717, 1.165) is 24.1 Å². The number of pyridine rings is 1. The Morgan fingerprint density at radius 2 is 1.95 bits per heavy atom. The molecular formula is C33H40N2O7. The second-order valence-corrected chi connectivity index (χ2v) is 11.5. The van der Waals surface area contributed by atoms with Crippen LogP contribution in [0.15, 0.2) is 52.1 Å². The van der Waals surface area contributed by atoms with E-state index in [1.807, 2.05) is 30.3 Å². The molecule has 0 radical (unpaired) electrons. The molecule has 9 heteroatoms. The van der Waals surface area contributed by atoms with Gasteiger partial charge in [-0.05, 0) is 80.0 Å². The number of aliphatic hydroxyl groups excluding tert-OH is 1. The molecule has 2 aromatic heterocycles. The van der Waals surface area contributed by atoms with E-state index in [0.29, 0.717) is 63.2 Å². The number of fused-ring (bicyclic) bond motifs is 3. The van der Waals surface area contributed by atoms with Crippen LogP contribution in [0.4, 0.5) is 0 Å². The van der Waals surface area contributed by atoms with Crippen molar-refractivity contribution in [2.24, 2.45) is 17.8 Å². The Labute approximate surface area is 246 Å². The van der Waals surface area contributed by atoms with E-state index in [4.69, 9.17) is 14.3 Å². The molecule has 0 bridgehead atoms. The largest absolute Gasteiger partial charge is 0.481 e. The Morgan fingerprint density at radius 1 is 1.10 bits per heavy atom. The van der Waals surface area contributed by atoms with Crippen LogP contribution in [-0.2, 0) is 25.7 Å². The van der Waals surface area contributed by atoms with Crippen molar-refractivity contribution in [3.8, 4) is 0 Å². The minimum atomic E-state index is -0.827. The first-order valence-corrected chi connectivity index (χ1v) is 15.1. The molecule has 2 aliphatic heterocycles. The lowest BCUT2D eigenvalue weighted by Crippen LogP contribution is -2.34. The van der Waals surface area contributed by atoms with Gasteiger partial charge >= 0.3 is 5.97 Å². The van der Waals surface area contributed by atoms with Gasteiger partial charge in [0.1, 0.15) is 18.1 Å². The molecule has 2 aromatic rings. The maximum absolute atomic E-state index is 13.6. The van der Waals surface area contributed by atoms with E-state index in [1.165, 1.54) is 16.0 Å². The molecule has 9 nitrogen and oxygen atoms in total. The van der Waals surface area contributed by atoms with E-state index >= 15 is 0 Å². The lowest BCUT2D eigenvalue weighted by molar-refractivity contribution is -0.141. The molecule has 2 amide bonds. The third kappa shape index (κ3) is 6.42. The summed E-state index contributed by atoms with van der Waals surface area (Å²) in [7, 11) is 0. The summed E-state index contributed by atoms with van der Waals surface area (Å²) in [5, 5.41) is 18.3. The van der Waals surface area contributed by atoms with Gasteiger partial charge in [0.25, 0.3) is 0 Å². The molecule has 0 unspecified atom stereocenters. The van der Waals surface area contributed by atoms with E-state index in [1.54, 1.807) is 12.3 Å². The van der Waals surface area contributed by atoms with Crippen molar-refractivity contribution in [2.45, 2.75) is 77.4 Å². The second-order valence-electron chi connectivity index (χ2n) is 11.5. The number of hydrogen-bond donors (Lipinski definition) is 2. The van der Waals surface area contributed by atoms with Gasteiger partial charge in [-0.1, -0.05) is 31.4 Å². The van der Waals surface area contributed by atoms with Gasteiger partial charge in [-0.15, -0.1) is 0 Å². The fraction of sp³-hybridized carbons (Fsp3) is 0.515. The highest BCUT2D eigenvalue weighted by Crippen LogP contribution is 2.51. The summed E-state index contributed by atoms with van der Waals surface area (Å²) in [6.07, 6.45) is 9.34. The molecule has 2 saturated heterocycles. The Hall–Kier alpha value is -3.56. The van der Waals surface area contributed by atoms with Gasteiger partial charge in [-0.25, -0.2) is 0 Å². The number of unbranched alkanes of at least 4 members (excludes halogenated alkanes) is 2. The van der Waals surface area contributed by atoms with Gasteiger partial charge in [0.15, 0.2) is 0 Å². The average molecular weight is 577 g/mol. The van der Waals surface area contributed by atoms with Gasteiger partial charge in [0.2, 0.25) is 11.8 Å². The summed E-state index contributed by atoms with van der Waals surface area (Å²) >= 11 is 0. The number of ether oxygens (including phenoxy) is 1. The maximum atomic E-state index is 13.6. The SMILES string of the molecule is CCCC1=C2[C@@H](CC/C(=C/c3ccc(CO)o3)c3ccccn3)OC[C@@H]2[C@@H]2C(=O)N(CCCCCC(=O)O)C(=O)[C@@H]2C1. The summed E-state index contributed by atoms with van der Waals surface area (Å²) in [5.41, 5.74) is 4.31. The zero-order chi connectivity index (χ0) is 29.6. The zero-order valence-corrected chi connectivity index (χ0v) is 24.2. The van der Waals surface area contributed by atoms with Crippen LogP contribution in [0.25, 0.3) is 11.6 Å². The number of aliphatic hydroxyl groups is 1. The average Bonchev–Trinajstić information content (AvgIpc) is 3.69. The molecule has 4 heterocycles. The quantitative estimate of drug-likeness (QED) is 0.177. The van der Waals surface area contributed by atoms with Gasteiger partial charge in [-0.2, -0.15) is 0 Å². The first-order valence-electron chi connectivity index (χ1n) is 15.1. The Morgan fingerprint density at radius 3 is 2.67 bits per heavy atom. The molecule has 42 heavy (non-hydrogen) atoms. The van der Waals surface area contributed by atoms with E-state index in [9.17, 15) is 19.5 Å². The van der Waals surface area contributed by atoms with Crippen LogP contribution in [0, 0.1) is 17.8 Å². The van der Waals surface area contributed by atoms with Gasteiger partial charge < -0.3 is 19.4 Å². The van der Waals surface area contributed by atoms with Gasteiger partial charge in [0, 0.05) is 25.1 Å². The molecule has 4 atom stereocenters. The third-order valence-electron chi connectivity index (χ3n) is 8.75. The maximum Gasteiger partial charge on any atom is 0.303 e. The number of hydrogen-bond acceptors (Lipinski definition) is 7. The molecule has 224 valence electrons. The van der Waals surface area contributed by atoms with Crippen molar-refractivity contribution < 1.29 is 33.8 Å². The number of carboxylic acids is 1. The highest BCUT2D eigenvalue weighted by atomic mass is 16.5. The fourth-order valence-corrected chi connectivity index (χ4v) is 6.86. The topological polar surface area (TPSA) is 130 Å². The van der Waals surface area contributed by atoms with Crippen molar-refractivity contribution in [2.75, 3.05) is 13.2 Å². The predicted molar refractivity (Wildman–Crippen MR) is 156 cm³/mol. The normalized spacial score (nSPS) is 24.0. The van der Waals surface area contributed by atoms with Crippen molar-refractivity contribution in [3.63, 3.8) is 0 Å². The van der Waals surface area contributed by atoms with Crippen LogP contribution < -0.4 is 0 Å². The van der Waals surface area contributed by atoms with Crippen molar-refractivity contribution in [1.29, 1.82) is 0 Å². The number of rotatable bonds is 14. The molecule has 3 aliphatic rings. The number of carbonyl (C=O) groups excluding carboxylic acids is 2. The van der Waals surface area contributed by atoms with Crippen molar-refractivity contribution in [1.82, 2.24) is 9.88 Å². The number of nitrogens with zero attached hydrogens (tertiary/aromatic N) is 2. The molecule has 1 aliphatic carbocycles. The third-order valence-corrected chi connectivity index (χ3v) is 8.75. The summed E-state index contributed by atoms with van der Waals surface area (Å²) in [4.78, 5) is 43.8. The zero-order valence-electron chi connectivity index (χ0n) is 24.2. The Kier molecular flexibility index (Phi) is 9.69. The molecule has 0 spiro atoms. The molecule has 0 aromatic carbocycles. The Bertz CT molecular complexity index is 1350. The fourth-order valence-electron chi connectivity index (χ4n) is 6.86. The smallest absolute Gasteiger partial charge is 0.303 e. The van der Waals surface area contributed by atoms with E-state index in [2.05, 4.69) is 11.9 Å². The van der Waals surface area contributed by atoms with Crippen LogP contribution in [0.2, 0.25) is 0 Å². The number of carboxylic acid groups (broad SMARTS) is 1. The second kappa shape index (κ2) is 13.6. The van der Waals surface area contributed by atoms with Crippen LogP contribution in [-0.4, -0.2) is 57.1 Å². The standard InChI is InChI=1S/C33H40N2O7/c1-2-8-22-18-25-31(33(40)35(32(25)39)16-7-3-4-10-29(37)38)26-20-41-28(30(22)26)14-11-21(27-9-5-6-15-34-27)17-23-12-13-24(19-36)42-23/h5-6,9,12-13,15,17,25-26,28,31,36H,2-4,7-8,10-11,14,16,18-20H2,1H3,(H,37,38)/b21-17-/t25-,26+,28-,31-/m1/s1.